The maximum absolute atomic E-state index is 5.40. The molecule has 3 aromatic rings. The zero-order valence-electron chi connectivity index (χ0n) is 16.4. The second-order valence-corrected chi connectivity index (χ2v) is 6.88. The average molecular weight is 353 g/mol. The molecule has 0 spiro atoms. The molecule has 0 amide bonds. The predicted octanol–water partition coefficient (Wildman–Crippen LogP) is 4.71. The van der Waals surface area contributed by atoms with Crippen LogP contribution >= 0.6 is 0 Å². The van der Waals surface area contributed by atoms with Crippen LogP contribution in [0, 0.1) is 20.8 Å². The van der Waals surface area contributed by atoms with Crippen LogP contribution in [0.4, 0.5) is 11.6 Å². The molecule has 26 heavy (non-hydrogen) atoms. The van der Waals surface area contributed by atoms with E-state index in [1.165, 1.54) is 5.56 Å². The van der Waals surface area contributed by atoms with Crippen molar-refractivity contribution in [1.82, 2.24) is 19.6 Å². The van der Waals surface area contributed by atoms with Crippen molar-refractivity contribution in [2.75, 3.05) is 12.4 Å². The van der Waals surface area contributed by atoms with Gasteiger partial charge in [0, 0.05) is 11.3 Å². The van der Waals surface area contributed by atoms with Gasteiger partial charge in [-0.15, -0.1) is 0 Å². The van der Waals surface area contributed by atoms with Crippen LogP contribution in [0.2, 0.25) is 0 Å². The maximum Gasteiger partial charge on any atom is 0.232 e. The number of hydrogen-bond acceptors (Lipinski definition) is 5. The van der Waals surface area contributed by atoms with Crippen LogP contribution in [-0.4, -0.2) is 26.7 Å². The summed E-state index contributed by atoms with van der Waals surface area (Å²) in [6.45, 7) is 10.4. The molecule has 1 N–H and O–H groups in total. The van der Waals surface area contributed by atoms with E-state index in [1.54, 1.807) is 11.6 Å². The second-order valence-electron chi connectivity index (χ2n) is 6.88. The summed E-state index contributed by atoms with van der Waals surface area (Å²) in [6.07, 6.45) is 4.17. The number of rotatable bonds is 6. The van der Waals surface area contributed by atoms with Gasteiger partial charge in [0.2, 0.25) is 5.95 Å². The smallest absolute Gasteiger partial charge is 0.232 e. The van der Waals surface area contributed by atoms with Crippen molar-refractivity contribution >= 4 is 17.3 Å². The van der Waals surface area contributed by atoms with E-state index >= 15 is 0 Å². The minimum absolute atomic E-state index is 0.421. The summed E-state index contributed by atoms with van der Waals surface area (Å²) < 4.78 is 7.20. The molecule has 3 rings (SSSR count). The number of nitrogens with zero attached hydrogens (tertiary/aromatic N) is 4. The van der Waals surface area contributed by atoms with Crippen LogP contribution in [0.1, 0.15) is 55.1 Å². The lowest BCUT2D eigenvalue weighted by molar-refractivity contribution is 0.411. The molecule has 0 aliphatic heterocycles. The maximum atomic E-state index is 5.40. The van der Waals surface area contributed by atoms with Crippen molar-refractivity contribution in [3.05, 3.63) is 40.8 Å². The van der Waals surface area contributed by atoms with E-state index in [0.717, 1.165) is 46.9 Å². The Labute approximate surface area is 154 Å². The molecular weight excluding hydrogens is 326 g/mol. The quantitative estimate of drug-likeness (QED) is 0.695. The summed E-state index contributed by atoms with van der Waals surface area (Å²) >= 11 is 0. The summed E-state index contributed by atoms with van der Waals surface area (Å²) in [4.78, 5) is 9.21. The van der Waals surface area contributed by atoms with Crippen LogP contribution in [-0.2, 0) is 0 Å². The molecule has 6 heteroatoms. The van der Waals surface area contributed by atoms with E-state index in [-0.39, 0.29) is 0 Å². The zero-order chi connectivity index (χ0) is 18.8. The summed E-state index contributed by atoms with van der Waals surface area (Å²) in [5.41, 5.74) is 5.19. The number of anilines is 2. The third-order valence-electron chi connectivity index (χ3n) is 4.75. The Hall–Kier alpha value is -2.63. The molecule has 0 saturated carbocycles. The Kier molecular flexibility index (Phi) is 5.11. The van der Waals surface area contributed by atoms with E-state index in [4.69, 9.17) is 4.74 Å². The van der Waals surface area contributed by atoms with Crippen molar-refractivity contribution in [1.29, 1.82) is 0 Å². The first-order chi connectivity index (χ1) is 12.4. The topological polar surface area (TPSA) is 64.3 Å². The monoisotopic (exact) mass is 353 g/mol. The van der Waals surface area contributed by atoms with Gasteiger partial charge >= 0.3 is 0 Å². The molecule has 0 aliphatic rings. The molecule has 0 fully saturated rings. The fourth-order valence-corrected chi connectivity index (χ4v) is 3.28. The molecule has 0 radical (unpaired) electrons. The van der Waals surface area contributed by atoms with E-state index < -0.39 is 0 Å². The van der Waals surface area contributed by atoms with Gasteiger partial charge in [-0.3, -0.25) is 0 Å². The Morgan fingerprint density at radius 3 is 2.62 bits per heavy atom. The van der Waals surface area contributed by atoms with Crippen molar-refractivity contribution in [2.24, 2.45) is 0 Å². The second kappa shape index (κ2) is 7.32. The lowest BCUT2D eigenvalue weighted by Gasteiger charge is -2.14. The zero-order valence-corrected chi connectivity index (χ0v) is 16.4. The Morgan fingerprint density at radius 1 is 1.15 bits per heavy atom. The van der Waals surface area contributed by atoms with Crippen molar-refractivity contribution in [3.63, 3.8) is 0 Å². The van der Waals surface area contributed by atoms with Crippen molar-refractivity contribution < 1.29 is 4.74 Å². The number of nitrogens with one attached hydrogen (secondary N) is 1. The number of benzene rings is 1. The number of aromatic nitrogens is 4. The summed E-state index contributed by atoms with van der Waals surface area (Å²) in [5, 5.41) is 7.98. The highest BCUT2D eigenvalue weighted by Crippen LogP contribution is 2.29. The predicted molar refractivity (Wildman–Crippen MR) is 105 cm³/mol. The van der Waals surface area contributed by atoms with Crippen molar-refractivity contribution in [3.8, 4) is 5.75 Å². The van der Waals surface area contributed by atoms with Crippen molar-refractivity contribution in [2.45, 2.75) is 53.4 Å². The molecule has 2 heterocycles. The summed E-state index contributed by atoms with van der Waals surface area (Å²) in [5.74, 6) is 2.71. The standard InChI is InChI=1S/C20H27N5O/c1-7-8-12(2)16-11-21-25-19(16)22-15(5)23-20(25)24-17-9-14(4)18(26-6)10-13(17)3/h9-12H,7-8H2,1-6H3,(H,22,23,24). The minimum atomic E-state index is 0.421. The van der Waals surface area contributed by atoms with Gasteiger partial charge in [-0.1, -0.05) is 20.3 Å². The molecule has 2 aromatic heterocycles. The van der Waals surface area contributed by atoms with Crippen LogP contribution in [0.3, 0.4) is 0 Å². The normalized spacial score (nSPS) is 12.4. The van der Waals surface area contributed by atoms with E-state index in [9.17, 15) is 0 Å². The molecule has 1 atom stereocenters. The largest absolute Gasteiger partial charge is 0.496 e. The summed E-state index contributed by atoms with van der Waals surface area (Å²) in [7, 11) is 1.69. The van der Waals surface area contributed by atoms with Gasteiger partial charge in [0.25, 0.3) is 0 Å². The molecule has 0 aliphatic carbocycles. The van der Waals surface area contributed by atoms with Gasteiger partial charge < -0.3 is 10.1 Å². The van der Waals surface area contributed by atoms with Gasteiger partial charge in [-0.25, -0.2) is 4.98 Å². The Bertz CT molecular complexity index is 932. The minimum Gasteiger partial charge on any atom is -0.496 e. The highest BCUT2D eigenvalue weighted by Gasteiger charge is 2.17. The van der Waals surface area contributed by atoms with Crippen LogP contribution in [0.25, 0.3) is 5.65 Å². The lowest BCUT2D eigenvalue weighted by atomic mass is 9.99. The third kappa shape index (κ3) is 3.36. The van der Waals surface area contributed by atoms with E-state index in [0.29, 0.717) is 11.9 Å². The van der Waals surface area contributed by atoms with Crippen LogP contribution in [0.15, 0.2) is 18.3 Å². The highest BCUT2D eigenvalue weighted by molar-refractivity contribution is 5.64. The Morgan fingerprint density at radius 2 is 1.92 bits per heavy atom. The van der Waals surface area contributed by atoms with Gasteiger partial charge in [-0.05, 0) is 56.4 Å². The number of aryl methyl sites for hydroxylation is 3. The Balaban J connectivity index is 2.05. The molecule has 138 valence electrons. The molecule has 6 nitrogen and oxygen atoms in total. The van der Waals surface area contributed by atoms with Crippen LogP contribution in [0.5, 0.6) is 5.75 Å². The average Bonchev–Trinajstić information content (AvgIpc) is 3.02. The van der Waals surface area contributed by atoms with E-state index in [1.807, 2.05) is 33.0 Å². The SMILES string of the molecule is CCCC(C)c1cnn2c(Nc3cc(C)c(OC)cc3C)nc(C)nc12. The number of methoxy groups -OCH3 is 1. The first kappa shape index (κ1) is 18.2. The fraction of sp³-hybridized carbons (Fsp3) is 0.450. The van der Waals surface area contributed by atoms with Gasteiger partial charge in [0.15, 0.2) is 5.65 Å². The first-order valence-electron chi connectivity index (χ1n) is 9.09. The molecular formula is C20H27N5O. The first-order valence-corrected chi connectivity index (χ1v) is 9.09. The molecule has 0 bridgehead atoms. The van der Waals surface area contributed by atoms with Gasteiger partial charge in [0.05, 0.1) is 13.3 Å². The molecule has 1 aromatic carbocycles. The number of ether oxygens (including phenoxy) is 1. The molecule has 0 saturated heterocycles. The number of fused-ring (bicyclic) bond motifs is 1. The fourth-order valence-electron chi connectivity index (χ4n) is 3.28. The van der Waals surface area contributed by atoms with Crippen LogP contribution < -0.4 is 10.1 Å². The van der Waals surface area contributed by atoms with Gasteiger partial charge in [0.1, 0.15) is 11.6 Å². The highest BCUT2D eigenvalue weighted by atomic mass is 16.5. The third-order valence-corrected chi connectivity index (χ3v) is 4.75. The van der Waals surface area contributed by atoms with E-state index in [2.05, 4.69) is 40.3 Å². The number of hydrogen-bond donors (Lipinski definition) is 1. The van der Waals surface area contributed by atoms with Gasteiger partial charge in [-0.2, -0.15) is 14.6 Å². The summed E-state index contributed by atoms with van der Waals surface area (Å²) in [6, 6.07) is 4.10. The lowest BCUT2D eigenvalue weighted by Crippen LogP contribution is -2.08. The molecule has 1 unspecified atom stereocenters.